The summed E-state index contributed by atoms with van der Waals surface area (Å²) < 4.78 is 11.5. The number of benzene rings is 1. The van der Waals surface area contributed by atoms with Crippen molar-refractivity contribution >= 4 is 0 Å². The predicted molar refractivity (Wildman–Crippen MR) is 89.0 cm³/mol. The standard InChI is InChI=1S/C18H26N2O4/c21-8-4-10-23-16-12-14-15(13-17(16)24-11-5-9-22)20-18(19-14)6-2-1-3-7-18/h12-13,21-22H,1-11H2. The van der Waals surface area contributed by atoms with E-state index < -0.39 is 0 Å². The Morgan fingerprint density at radius 1 is 0.833 bits per heavy atom. The van der Waals surface area contributed by atoms with Crippen molar-refractivity contribution in [3.05, 3.63) is 22.8 Å². The van der Waals surface area contributed by atoms with Crippen LogP contribution in [-0.4, -0.2) is 42.3 Å². The van der Waals surface area contributed by atoms with Crippen molar-refractivity contribution in [3.63, 3.8) is 0 Å². The van der Waals surface area contributed by atoms with Gasteiger partial charge in [0.15, 0.2) is 17.2 Å². The fourth-order valence-electron chi connectivity index (χ4n) is 3.25. The maximum atomic E-state index is 8.94. The molecular formula is C18H26N2O4. The molecule has 0 atom stereocenters. The summed E-state index contributed by atoms with van der Waals surface area (Å²) in [6, 6.07) is 3.79. The second kappa shape index (κ2) is 7.94. The van der Waals surface area contributed by atoms with Gasteiger partial charge in [-0.3, -0.25) is 9.98 Å². The monoisotopic (exact) mass is 334 g/mol. The van der Waals surface area contributed by atoms with Crippen molar-refractivity contribution in [2.45, 2.75) is 50.6 Å². The summed E-state index contributed by atoms with van der Waals surface area (Å²) in [4.78, 5) is 9.75. The van der Waals surface area contributed by atoms with Crippen LogP contribution in [0.5, 0.6) is 11.5 Å². The lowest BCUT2D eigenvalue weighted by molar-refractivity contribution is 0.211. The third-order valence-electron chi connectivity index (χ3n) is 4.47. The second-order valence-corrected chi connectivity index (χ2v) is 6.41. The van der Waals surface area contributed by atoms with Crippen LogP contribution in [0.1, 0.15) is 44.9 Å². The smallest absolute Gasteiger partial charge is 0.163 e. The fourth-order valence-corrected chi connectivity index (χ4v) is 3.25. The molecule has 1 aromatic rings. The van der Waals surface area contributed by atoms with Gasteiger partial charge < -0.3 is 19.7 Å². The first-order valence-electron chi connectivity index (χ1n) is 8.87. The summed E-state index contributed by atoms with van der Waals surface area (Å²) in [5.41, 5.74) is -0.285. The third-order valence-corrected chi connectivity index (χ3v) is 4.47. The Bertz CT molecular complexity index is 617. The van der Waals surface area contributed by atoms with Gasteiger partial charge in [-0.2, -0.15) is 0 Å². The Balaban J connectivity index is 1.87. The van der Waals surface area contributed by atoms with E-state index in [0.29, 0.717) is 37.6 Å². The van der Waals surface area contributed by atoms with Gasteiger partial charge in [0.05, 0.1) is 23.9 Å². The largest absolute Gasteiger partial charge is 0.490 e. The van der Waals surface area contributed by atoms with E-state index in [2.05, 4.69) is 0 Å². The van der Waals surface area contributed by atoms with Crippen LogP contribution < -0.4 is 20.2 Å². The number of ether oxygens (including phenoxy) is 2. The van der Waals surface area contributed by atoms with Crippen molar-refractivity contribution in [1.82, 2.24) is 0 Å². The molecule has 0 unspecified atom stereocenters. The fraction of sp³-hybridized carbons (Fsp3) is 0.667. The minimum absolute atomic E-state index is 0.0917. The molecule has 0 amide bonds. The maximum Gasteiger partial charge on any atom is 0.163 e. The topological polar surface area (TPSA) is 83.6 Å². The van der Waals surface area contributed by atoms with Crippen LogP contribution in [-0.2, 0) is 0 Å². The minimum atomic E-state index is -0.285. The molecule has 0 aromatic heterocycles. The van der Waals surface area contributed by atoms with Gasteiger partial charge in [0, 0.05) is 38.2 Å². The summed E-state index contributed by atoms with van der Waals surface area (Å²) in [6.45, 7) is 1.03. The molecule has 6 nitrogen and oxygen atoms in total. The van der Waals surface area contributed by atoms with Gasteiger partial charge in [0.2, 0.25) is 0 Å². The van der Waals surface area contributed by atoms with Crippen molar-refractivity contribution in [2.75, 3.05) is 26.4 Å². The molecule has 3 rings (SSSR count). The zero-order valence-corrected chi connectivity index (χ0v) is 14.0. The quantitative estimate of drug-likeness (QED) is 0.698. The van der Waals surface area contributed by atoms with Crippen LogP contribution in [0, 0.1) is 0 Å². The molecular weight excluding hydrogens is 308 g/mol. The highest BCUT2D eigenvalue weighted by molar-refractivity contribution is 5.40. The summed E-state index contributed by atoms with van der Waals surface area (Å²) in [5.74, 6) is 1.26. The highest BCUT2D eigenvalue weighted by Crippen LogP contribution is 2.34. The second-order valence-electron chi connectivity index (χ2n) is 6.41. The van der Waals surface area contributed by atoms with E-state index >= 15 is 0 Å². The van der Waals surface area contributed by atoms with E-state index in [1.165, 1.54) is 19.3 Å². The summed E-state index contributed by atoms with van der Waals surface area (Å²) in [5, 5.41) is 19.6. The van der Waals surface area contributed by atoms with Gasteiger partial charge >= 0.3 is 0 Å². The Labute approximate surface area is 141 Å². The zero-order valence-electron chi connectivity index (χ0n) is 14.0. The molecule has 0 saturated heterocycles. The summed E-state index contributed by atoms with van der Waals surface area (Å²) >= 11 is 0. The van der Waals surface area contributed by atoms with Gasteiger partial charge in [-0.15, -0.1) is 0 Å². The Kier molecular flexibility index (Phi) is 5.68. The Hall–Kier alpha value is -1.66. The van der Waals surface area contributed by atoms with Gasteiger partial charge in [0.25, 0.3) is 0 Å². The van der Waals surface area contributed by atoms with Gasteiger partial charge in [-0.1, -0.05) is 6.42 Å². The molecule has 24 heavy (non-hydrogen) atoms. The molecule has 1 heterocycles. The first kappa shape index (κ1) is 17.2. The normalized spacial score (nSPS) is 17.9. The number of fused-ring (bicyclic) bond motifs is 1. The van der Waals surface area contributed by atoms with Crippen molar-refractivity contribution in [1.29, 1.82) is 0 Å². The molecule has 1 aliphatic heterocycles. The van der Waals surface area contributed by atoms with E-state index in [1.807, 2.05) is 12.1 Å². The van der Waals surface area contributed by atoms with Gasteiger partial charge in [0.1, 0.15) is 0 Å². The van der Waals surface area contributed by atoms with Crippen LogP contribution in [0.2, 0.25) is 0 Å². The molecule has 2 aliphatic rings. The average molecular weight is 334 g/mol. The molecule has 1 saturated carbocycles. The summed E-state index contributed by atoms with van der Waals surface area (Å²) in [7, 11) is 0. The lowest BCUT2D eigenvalue weighted by Gasteiger charge is -2.27. The van der Waals surface area contributed by atoms with Crippen molar-refractivity contribution in [3.8, 4) is 11.5 Å². The number of nitrogens with zero attached hydrogens (tertiary/aromatic N) is 2. The van der Waals surface area contributed by atoms with Crippen molar-refractivity contribution in [2.24, 2.45) is 9.98 Å². The lowest BCUT2D eigenvalue weighted by Crippen LogP contribution is -2.25. The van der Waals surface area contributed by atoms with E-state index in [4.69, 9.17) is 29.7 Å². The number of aliphatic hydroxyl groups excluding tert-OH is 2. The first-order valence-corrected chi connectivity index (χ1v) is 8.87. The first-order chi connectivity index (χ1) is 11.8. The molecule has 1 aliphatic carbocycles. The number of aliphatic hydroxyl groups is 2. The zero-order chi connectivity index (χ0) is 16.8. The van der Waals surface area contributed by atoms with Crippen molar-refractivity contribution < 1.29 is 19.7 Å². The molecule has 1 aromatic carbocycles. The highest BCUT2D eigenvalue weighted by atomic mass is 16.5. The Morgan fingerprint density at radius 2 is 1.33 bits per heavy atom. The third kappa shape index (κ3) is 3.87. The Morgan fingerprint density at radius 3 is 1.79 bits per heavy atom. The van der Waals surface area contributed by atoms with E-state index in [9.17, 15) is 0 Å². The van der Waals surface area contributed by atoms with E-state index in [1.54, 1.807) is 0 Å². The number of hydrogen-bond donors (Lipinski definition) is 2. The summed E-state index contributed by atoms with van der Waals surface area (Å²) in [6.07, 6.45) is 6.74. The molecule has 0 radical (unpaired) electrons. The van der Waals surface area contributed by atoms with Crippen LogP contribution in [0.15, 0.2) is 22.1 Å². The molecule has 132 valence electrons. The van der Waals surface area contributed by atoms with E-state index in [-0.39, 0.29) is 18.9 Å². The molecule has 2 N–H and O–H groups in total. The number of hydrogen-bond acceptors (Lipinski definition) is 6. The molecule has 1 spiro atoms. The van der Waals surface area contributed by atoms with Crippen LogP contribution in [0.4, 0.5) is 0 Å². The SMILES string of the molecule is OCCCOc1cc2c(cc1OCCCO)=NC1(CCCCC1)N=2. The average Bonchev–Trinajstić information content (AvgIpc) is 2.92. The molecule has 6 heteroatoms. The maximum absolute atomic E-state index is 8.94. The highest BCUT2D eigenvalue weighted by Gasteiger charge is 2.33. The molecule has 1 fully saturated rings. The lowest BCUT2D eigenvalue weighted by atomic mass is 9.90. The predicted octanol–water partition coefficient (Wildman–Crippen LogP) is 1.12. The van der Waals surface area contributed by atoms with Crippen LogP contribution in [0.25, 0.3) is 0 Å². The molecule has 0 bridgehead atoms. The van der Waals surface area contributed by atoms with Crippen LogP contribution >= 0.6 is 0 Å². The number of rotatable bonds is 8. The van der Waals surface area contributed by atoms with E-state index in [0.717, 1.165) is 23.6 Å². The minimum Gasteiger partial charge on any atom is -0.490 e. The van der Waals surface area contributed by atoms with Crippen LogP contribution in [0.3, 0.4) is 0 Å². The van der Waals surface area contributed by atoms with Gasteiger partial charge in [-0.05, 0) is 25.7 Å². The van der Waals surface area contributed by atoms with Gasteiger partial charge in [-0.25, -0.2) is 0 Å².